The second-order valence-corrected chi connectivity index (χ2v) is 8.78. The lowest BCUT2D eigenvalue weighted by Gasteiger charge is -2.24. The highest BCUT2D eigenvalue weighted by Crippen LogP contribution is 2.31. The average molecular weight is 411 g/mol. The summed E-state index contributed by atoms with van der Waals surface area (Å²) in [6.45, 7) is 9.15. The predicted octanol–water partition coefficient (Wildman–Crippen LogP) is 3.84. The number of hydrogen-bond donors (Lipinski definition) is 2. The van der Waals surface area contributed by atoms with Gasteiger partial charge < -0.3 is 10.6 Å². The lowest BCUT2D eigenvalue weighted by molar-refractivity contribution is -0.133. The maximum Gasteiger partial charge on any atom is 0.325 e. The van der Waals surface area contributed by atoms with Crippen molar-refractivity contribution < 1.29 is 18.8 Å². The third-order valence-corrected chi connectivity index (χ3v) is 5.38. The highest BCUT2D eigenvalue weighted by Gasteiger charge is 2.49. The van der Waals surface area contributed by atoms with Crippen LogP contribution in [0.15, 0.2) is 42.5 Å². The van der Waals surface area contributed by atoms with Crippen LogP contribution >= 0.6 is 0 Å². The molecule has 0 bridgehead atoms. The van der Waals surface area contributed by atoms with Gasteiger partial charge in [0.1, 0.15) is 17.9 Å². The number of aryl methyl sites for hydroxylation is 1. The molecule has 7 heteroatoms. The van der Waals surface area contributed by atoms with Crippen LogP contribution in [0.3, 0.4) is 0 Å². The van der Waals surface area contributed by atoms with Gasteiger partial charge >= 0.3 is 6.03 Å². The lowest BCUT2D eigenvalue weighted by Crippen LogP contribution is -2.42. The molecule has 1 atom stereocenters. The summed E-state index contributed by atoms with van der Waals surface area (Å²) in [5, 5.41) is 5.25. The summed E-state index contributed by atoms with van der Waals surface area (Å²) in [6.07, 6.45) is 0. The van der Waals surface area contributed by atoms with E-state index in [1.165, 1.54) is 18.2 Å². The third-order valence-electron chi connectivity index (χ3n) is 5.38. The molecule has 1 heterocycles. The Balaban J connectivity index is 1.77. The van der Waals surface area contributed by atoms with E-state index < -0.39 is 35.7 Å². The Morgan fingerprint density at radius 3 is 2.37 bits per heavy atom. The van der Waals surface area contributed by atoms with Crippen LogP contribution in [0.4, 0.5) is 14.9 Å². The van der Waals surface area contributed by atoms with Crippen molar-refractivity contribution >= 4 is 23.5 Å². The predicted molar refractivity (Wildman–Crippen MR) is 113 cm³/mol. The van der Waals surface area contributed by atoms with Crippen molar-refractivity contribution in [1.29, 1.82) is 0 Å². The Morgan fingerprint density at radius 1 is 1.13 bits per heavy atom. The standard InChI is InChI=1S/C23H26FN3O3/c1-14-6-11-17(24)12-18(14)25-19(28)13-27-20(29)23(5,26-21(27)30)16-9-7-15(8-10-16)22(2,3)4/h6-12H,13H2,1-5H3,(H,25,28)(H,26,30)/t23-/m0/s1. The van der Waals surface area contributed by atoms with Crippen molar-refractivity contribution in [3.8, 4) is 0 Å². The van der Waals surface area contributed by atoms with Gasteiger partial charge in [-0.2, -0.15) is 0 Å². The van der Waals surface area contributed by atoms with Crippen LogP contribution in [0, 0.1) is 12.7 Å². The fourth-order valence-electron chi connectivity index (χ4n) is 3.40. The molecule has 30 heavy (non-hydrogen) atoms. The van der Waals surface area contributed by atoms with Crippen LogP contribution in [0.5, 0.6) is 0 Å². The fourth-order valence-corrected chi connectivity index (χ4v) is 3.40. The van der Waals surface area contributed by atoms with Crippen molar-refractivity contribution in [2.75, 3.05) is 11.9 Å². The van der Waals surface area contributed by atoms with Crippen LogP contribution in [0.1, 0.15) is 44.4 Å². The van der Waals surface area contributed by atoms with Gasteiger partial charge in [-0.15, -0.1) is 0 Å². The molecule has 1 saturated heterocycles. The molecule has 2 aromatic rings. The van der Waals surface area contributed by atoms with Crippen molar-refractivity contribution in [3.63, 3.8) is 0 Å². The van der Waals surface area contributed by atoms with E-state index in [1.54, 1.807) is 13.8 Å². The largest absolute Gasteiger partial charge is 0.325 e. The quantitative estimate of drug-likeness (QED) is 0.751. The topological polar surface area (TPSA) is 78.5 Å². The summed E-state index contributed by atoms with van der Waals surface area (Å²) < 4.78 is 13.4. The average Bonchev–Trinajstić information content (AvgIpc) is 2.88. The number of benzene rings is 2. The molecule has 1 fully saturated rings. The van der Waals surface area contributed by atoms with E-state index in [0.29, 0.717) is 16.8 Å². The maximum atomic E-state index is 13.4. The highest BCUT2D eigenvalue weighted by molar-refractivity contribution is 6.10. The summed E-state index contributed by atoms with van der Waals surface area (Å²) in [7, 11) is 0. The van der Waals surface area contributed by atoms with Gasteiger partial charge in [-0.25, -0.2) is 9.18 Å². The van der Waals surface area contributed by atoms with E-state index in [1.807, 2.05) is 24.3 Å². The van der Waals surface area contributed by atoms with E-state index in [-0.39, 0.29) is 5.41 Å². The Hall–Kier alpha value is -3.22. The number of hydrogen-bond acceptors (Lipinski definition) is 3. The van der Waals surface area contributed by atoms with E-state index in [0.717, 1.165) is 10.5 Å². The molecule has 1 aliphatic heterocycles. The minimum absolute atomic E-state index is 0.0401. The summed E-state index contributed by atoms with van der Waals surface area (Å²) in [5.41, 5.74) is 1.41. The summed E-state index contributed by atoms with van der Waals surface area (Å²) in [5.74, 6) is -1.58. The van der Waals surface area contributed by atoms with E-state index >= 15 is 0 Å². The van der Waals surface area contributed by atoms with Gasteiger partial charge in [0.2, 0.25) is 5.91 Å². The molecule has 1 aliphatic rings. The monoisotopic (exact) mass is 411 g/mol. The van der Waals surface area contributed by atoms with Crippen molar-refractivity contribution in [2.24, 2.45) is 0 Å². The van der Waals surface area contributed by atoms with Crippen LogP contribution in [-0.4, -0.2) is 29.3 Å². The minimum atomic E-state index is -1.26. The van der Waals surface area contributed by atoms with Crippen LogP contribution in [0.25, 0.3) is 0 Å². The normalized spacial score (nSPS) is 19.1. The van der Waals surface area contributed by atoms with E-state index in [9.17, 15) is 18.8 Å². The molecular formula is C23H26FN3O3. The molecule has 2 aromatic carbocycles. The molecule has 3 rings (SSSR count). The zero-order valence-electron chi connectivity index (χ0n) is 17.8. The fraction of sp³-hybridized carbons (Fsp3) is 0.348. The number of anilines is 1. The first kappa shape index (κ1) is 21.5. The molecular weight excluding hydrogens is 385 g/mol. The molecule has 0 spiro atoms. The second-order valence-electron chi connectivity index (χ2n) is 8.78. The zero-order valence-corrected chi connectivity index (χ0v) is 17.8. The molecule has 0 aliphatic carbocycles. The minimum Gasteiger partial charge on any atom is -0.324 e. The summed E-state index contributed by atoms with van der Waals surface area (Å²) in [6, 6.07) is 10.9. The van der Waals surface area contributed by atoms with Crippen molar-refractivity contribution in [1.82, 2.24) is 10.2 Å². The molecule has 2 N–H and O–H groups in total. The molecule has 6 nitrogen and oxygen atoms in total. The number of rotatable bonds is 4. The second kappa shape index (κ2) is 7.55. The third kappa shape index (κ3) is 4.06. The van der Waals surface area contributed by atoms with Crippen LogP contribution in [0.2, 0.25) is 0 Å². The Labute approximate surface area is 175 Å². The van der Waals surface area contributed by atoms with Gasteiger partial charge in [-0.1, -0.05) is 51.1 Å². The van der Waals surface area contributed by atoms with Crippen LogP contribution < -0.4 is 10.6 Å². The zero-order chi connectivity index (χ0) is 22.3. The highest BCUT2D eigenvalue weighted by atomic mass is 19.1. The first-order valence-corrected chi connectivity index (χ1v) is 9.73. The molecule has 0 aromatic heterocycles. The van der Waals surface area contributed by atoms with E-state index in [2.05, 4.69) is 31.4 Å². The number of carbonyl (C=O) groups excluding carboxylic acids is 3. The van der Waals surface area contributed by atoms with Gasteiger partial charge in [0, 0.05) is 5.69 Å². The number of urea groups is 1. The summed E-state index contributed by atoms with van der Waals surface area (Å²) >= 11 is 0. The van der Waals surface area contributed by atoms with Gasteiger partial charge in [-0.05, 0) is 48.1 Å². The number of amides is 4. The number of carbonyl (C=O) groups is 3. The molecule has 0 radical (unpaired) electrons. The van der Waals surface area contributed by atoms with Crippen molar-refractivity contribution in [2.45, 2.75) is 45.6 Å². The Bertz CT molecular complexity index is 1010. The Morgan fingerprint density at radius 2 is 1.77 bits per heavy atom. The number of imide groups is 1. The van der Waals surface area contributed by atoms with Gasteiger partial charge in [0.25, 0.3) is 5.91 Å². The summed E-state index contributed by atoms with van der Waals surface area (Å²) in [4.78, 5) is 38.8. The number of nitrogens with one attached hydrogen (secondary N) is 2. The van der Waals surface area contributed by atoms with Crippen LogP contribution in [-0.2, 0) is 20.5 Å². The number of nitrogens with zero attached hydrogens (tertiary/aromatic N) is 1. The first-order chi connectivity index (χ1) is 13.9. The molecule has 158 valence electrons. The first-order valence-electron chi connectivity index (χ1n) is 9.73. The van der Waals surface area contributed by atoms with Crippen molar-refractivity contribution in [3.05, 3.63) is 65.0 Å². The lowest BCUT2D eigenvalue weighted by atomic mass is 9.84. The van der Waals surface area contributed by atoms with E-state index in [4.69, 9.17) is 0 Å². The Kier molecular flexibility index (Phi) is 5.41. The SMILES string of the molecule is Cc1ccc(F)cc1NC(=O)CN1C(=O)N[C@@](C)(c2ccc(C(C)(C)C)cc2)C1=O. The number of halogens is 1. The smallest absolute Gasteiger partial charge is 0.324 e. The molecule has 0 unspecified atom stereocenters. The molecule has 0 saturated carbocycles. The van der Waals surface area contributed by atoms with Gasteiger partial charge in [0.15, 0.2) is 0 Å². The van der Waals surface area contributed by atoms with Gasteiger partial charge in [0.05, 0.1) is 0 Å². The molecule has 4 amide bonds. The maximum absolute atomic E-state index is 13.4. The van der Waals surface area contributed by atoms with Gasteiger partial charge in [-0.3, -0.25) is 14.5 Å².